The molecule has 1 aliphatic rings. The van der Waals surface area contributed by atoms with Gasteiger partial charge in [-0.25, -0.2) is 0 Å². The molecule has 0 fully saturated rings. The molecule has 0 atom stereocenters. The van der Waals surface area contributed by atoms with Gasteiger partial charge in [-0.15, -0.1) is 10.0 Å². The predicted octanol–water partition coefficient (Wildman–Crippen LogP) is 9.33. The van der Waals surface area contributed by atoms with Crippen molar-refractivity contribution in [2.75, 3.05) is 0 Å². The monoisotopic (exact) mass is 448 g/mol. The fraction of sp³-hybridized carbons (Fsp3) is 0. The molecular formula is C30H21ClS. The molecule has 154 valence electrons. The topological polar surface area (TPSA) is 0 Å². The fourth-order valence-corrected chi connectivity index (χ4v) is 9.40. The van der Waals surface area contributed by atoms with Crippen LogP contribution in [0.25, 0.3) is 22.3 Å². The fourth-order valence-electron chi connectivity index (χ4n) is 4.92. The molecule has 0 aliphatic carbocycles. The van der Waals surface area contributed by atoms with Crippen LogP contribution in [0.5, 0.6) is 0 Å². The van der Waals surface area contributed by atoms with Crippen LogP contribution in [0, 0.1) is 0 Å². The average molecular weight is 449 g/mol. The van der Waals surface area contributed by atoms with E-state index in [4.69, 9.17) is 11.6 Å². The van der Waals surface area contributed by atoms with E-state index >= 15 is 0 Å². The second kappa shape index (κ2) is 7.70. The van der Waals surface area contributed by atoms with Crippen molar-refractivity contribution in [3.8, 4) is 22.3 Å². The van der Waals surface area contributed by atoms with Crippen LogP contribution in [0.15, 0.2) is 147 Å². The Morgan fingerprint density at radius 2 is 0.906 bits per heavy atom. The van der Waals surface area contributed by atoms with Crippen LogP contribution >= 0.6 is 21.6 Å². The molecule has 0 saturated carbocycles. The van der Waals surface area contributed by atoms with Crippen molar-refractivity contribution in [2.24, 2.45) is 0 Å². The molecule has 6 rings (SSSR count). The Balaban J connectivity index is 1.79. The normalized spacial score (nSPS) is 14.4. The highest BCUT2D eigenvalue weighted by Crippen LogP contribution is 2.80. The van der Waals surface area contributed by atoms with Crippen molar-refractivity contribution in [3.63, 3.8) is 0 Å². The minimum Gasteiger partial charge on any atom is -0.132 e. The maximum atomic E-state index is 6.70. The summed E-state index contributed by atoms with van der Waals surface area (Å²) in [6, 6.07) is 45.8. The molecule has 0 bridgehead atoms. The molecule has 1 heterocycles. The van der Waals surface area contributed by atoms with Gasteiger partial charge in [0.1, 0.15) is 0 Å². The van der Waals surface area contributed by atoms with Gasteiger partial charge in [-0.2, -0.15) is 0 Å². The molecular weight excluding hydrogens is 428 g/mol. The van der Waals surface area contributed by atoms with Crippen molar-refractivity contribution in [2.45, 2.75) is 19.6 Å². The van der Waals surface area contributed by atoms with E-state index in [1.807, 2.05) is 12.1 Å². The molecule has 0 spiro atoms. The zero-order chi connectivity index (χ0) is 21.5. The summed E-state index contributed by atoms with van der Waals surface area (Å²) in [6.07, 6.45) is 0. The van der Waals surface area contributed by atoms with Crippen LogP contribution < -0.4 is 0 Å². The van der Waals surface area contributed by atoms with Gasteiger partial charge in [-0.3, -0.25) is 0 Å². The highest BCUT2D eigenvalue weighted by molar-refractivity contribution is 8.34. The number of benzene rings is 5. The summed E-state index contributed by atoms with van der Waals surface area (Å²) >= 11 is 6.70. The van der Waals surface area contributed by atoms with Crippen molar-refractivity contribution in [3.05, 3.63) is 132 Å². The maximum Gasteiger partial charge on any atom is 0.0484 e. The second-order valence-electron chi connectivity index (χ2n) is 7.89. The molecule has 0 radical (unpaired) electrons. The van der Waals surface area contributed by atoms with Crippen molar-refractivity contribution < 1.29 is 0 Å². The van der Waals surface area contributed by atoms with Gasteiger partial charge < -0.3 is 0 Å². The molecule has 32 heavy (non-hydrogen) atoms. The van der Waals surface area contributed by atoms with Gasteiger partial charge in [0, 0.05) is 35.7 Å². The lowest BCUT2D eigenvalue weighted by atomic mass is 9.95. The quantitative estimate of drug-likeness (QED) is 0.253. The Kier molecular flexibility index (Phi) is 4.68. The van der Waals surface area contributed by atoms with Crippen LogP contribution in [0.2, 0.25) is 5.02 Å². The molecule has 0 N–H and O–H groups in total. The van der Waals surface area contributed by atoms with E-state index in [9.17, 15) is 0 Å². The van der Waals surface area contributed by atoms with Gasteiger partial charge >= 0.3 is 0 Å². The first-order valence-electron chi connectivity index (χ1n) is 10.7. The van der Waals surface area contributed by atoms with E-state index in [0.29, 0.717) is 0 Å². The number of hydrogen-bond donors (Lipinski definition) is 0. The summed E-state index contributed by atoms with van der Waals surface area (Å²) in [7, 11) is -1.62. The van der Waals surface area contributed by atoms with Gasteiger partial charge in [0.2, 0.25) is 0 Å². The Morgan fingerprint density at radius 3 is 1.56 bits per heavy atom. The lowest BCUT2D eigenvalue weighted by molar-refractivity contribution is 1.29. The van der Waals surface area contributed by atoms with E-state index in [2.05, 4.69) is 115 Å². The van der Waals surface area contributed by atoms with E-state index in [-0.39, 0.29) is 0 Å². The maximum absolute atomic E-state index is 6.70. The van der Waals surface area contributed by atoms with E-state index in [1.165, 1.54) is 36.3 Å². The van der Waals surface area contributed by atoms with E-state index in [1.54, 1.807) is 0 Å². The molecule has 1 aliphatic heterocycles. The van der Waals surface area contributed by atoms with Crippen LogP contribution in [-0.2, 0) is 0 Å². The Morgan fingerprint density at radius 1 is 0.406 bits per heavy atom. The zero-order valence-corrected chi connectivity index (χ0v) is 19.0. The van der Waals surface area contributed by atoms with Gasteiger partial charge in [-0.1, -0.05) is 96.5 Å². The third kappa shape index (κ3) is 2.72. The number of halogens is 1. The van der Waals surface area contributed by atoms with Crippen molar-refractivity contribution in [1.82, 2.24) is 0 Å². The van der Waals surface area contributed by atoms with Crippen LogP contribution in [0.1, 0.15) is 0 Å². The summed E-state index contributed by atoms with van der Waals surface area (Å²) in [4.78, 5) is 5.49. The van der Waals surface area contributed by atoms with Gasteiger partial charge in [0.25, 0.3) is 0 Å². The summed E-state index contributed by atoms with van der Waals surface area (Å²) in [5.74, 6) is 0. The second-order valence-corrected chi connectivity index (χ2v) is 11.3. The molecule has 5 aromatic rings. The lowest BCUT2D eigenvalue weighted by Crippen LogP contribution is -2.01. The average Bonchev–Trinajstić information content (AvgIpc) is 3.17. The Bertz CT molecular complexity index is 1380. The van der Waals surface area contributed by atoms with Crippen molar-refractivity contribution in [1.29, 1.82) is 0 Å². The van der Waals surface area contributed by atoms with Crippen LogP contribution in [0.4, 0.5) is 0 Å². The first-order chi connectivity index (χ1) is 15.8. The summed E-state index contributed by atoms with van der Waals surface area (Å²) < 4.78 is 0. The lowest BCUT2D eigenvalue weighted by Gasteiger charge is -2.39. The summed E-state index contributed by atoms with van der Waals surface area (Å²) in [6.45, 7) is 0. The standard InChI is InChI=1S/C30H21ClS/c31-27-19-9-7-16-24(27)25-18-11-21-29-30(25)26-17-8-10-20-28(26)32(29,22-12-3-1-4-13-22)23-14-5-2-6-15-23/h1-21H. The Hall–Kier alpha value is -3.26. The predicted molar refractivity (Wildman–Crippen MR) is 136 cm³/mol. The van der Waals surface area contributed by atoms with Gasteiger partial charge in [0.05, 0.1) is 0 Å². The van der Waals surface area contributed by atoms with E-state index in [0.717, 1.165) is 10.6 Å². The highest BCUT2D eigenvalue weighted by atomic mass is 35.5. The number of hydrogen-bond acceptors (Lipinski definition) is 0. The first-order valence-corrected chi connectivity index (χ1v) is 12.7. The molecule has 2 heteroatoms. The third-order valence-corrected chi connectivity index (χ3v) is 10.5. The van der Waals surface area contributed by atoms with Crippen molar-refractivity contribution >= 4 is 21.6 Å². The molecule has 0 saturated heterocycles. The third-order valence-electron chi connectivity index (χ3n) is 6.20. The Labute approximate surface area is 195 Å². The minimum absolute atomic E-state index is 0.783. The first kappa shape index (κ1) is 19.4. The SMILES string of the molecule is Clc1ccccc1-c1cccc2c1-c1ccccc1S2(c1ccccc1)c1ccccc1. The highest BCUT2D eigenvalue weighted by Gasteiger charge is 2.42. The number of rotatable bonds is 3. The van der Waals surface area contributed by atoms with Gasteiger partial charge in [0.15, 0.2) is 0 Å². The smallest absolute Gasteiger partial charge is 0.0484 e. The molecule has 0 aromatic heterocycles. The summed E-state index contributed by atoms with van der Waals surface area (Å²) in [5, 5.41) is 0.783. The van der Waals surface area contributed by atoms with Crippen LogP contribution in [-0.4, -0.2) is 0 Å². The van der Waals surface area contributed by atoms with Gasteiger partial charge in [-0.05, 0) is 53.6 Å². The minimum atomic E-state index is -1.62. The molecule has 0 nitrogen and oxygen atoms in total. The summed E-state index contributed by atoms with van der Waals surface area (Å²) in [5.41, 5.74) is 4.89. The van der Waals surface area contributed by atoms with Crippen LogP contribution in [0.3, 0.4) is 0 Å². The van der Waals surface area contributed by atoms with E-state index < -0.39 is 10.0 Å². The largest absolute Gasteiger partial charge is 0.132 e. The molecule has 0 amide bonds. The number of fused-ring (bicyclic) bond motifs is 3. The zero-order valence-electron chi connectivity index (χ0n) is 17.4. The molecule has 5 aromatic carbocycles. The molecule has 0 unspecified atom stereocenters.